The molecule has 5 rings (SSSR count). The quantitative estimate of drug-likeness (QED) is 0.693. The molecular formula is C22H17ClN2O3. The summed E-state index contributed by atoms with van der Waals surface area (Å²) in [6.45, 7) is 0.630. The van der Waals surface area contributed by atoms with Crippen molar-refractivity contribution in [2.24, 2.45) is 0 Å². The normalized spacial score (nSPS) is 17.2. The van der Waals surface area contributed by atoms with Crippen molar-refractivity contribution in [3.8, 4) is 11.5 Å². The zero-order chi connectivity index (χ0) is 19.1. The first-order chi connectivity index (χ1) is 13.7. The Bertz CT molecular complexity index is 1070. The molecule has 2 aliphatic heterocycles. The van der Waals surface area contributed by atoms with Gasteiger partial charge in [0, 0.05) is 22.8 Å². The third-order valence-corrected chi connectivity index (χ3v) is 5.36. The van der Waals surface area contributed by atoms with Crippen molar-refractivity contribution < 1.29 is 14.3 Å². The predicted molar refractivity (Wildman–Crippen MR) is 107 cm³/mol. The van der Waals surface area contributed by atoms with Gasteiger partial charge in [0.05, 0.1) is 5.56 Å². The topological polar surface area (TPSA) is 50.8 Å². The van der Waals surface area contributed by atoms with E-state index in [1.54, 1.807) is 4.90 Å². The molecular weight excluding hydrogens is 376 g/mol. The fourth-order valence-corrected chi connectivity index (χ4v) is 3.87. The van der Waals surface area contributed by atoms with Gasteiger partial charge in [0.25, 0.3) is 5.91 Å². The van der Waals surface area contributed by atoms with E-state index in [4.69, 9.17) is 21.1 Å². The van der Waals surface area contributed by atoms with E-state index in [1.165, 1.54) is 0 Å². The van der Waals surface area contributed by atoms with Gasteiger partial charge in [-0.15, -0.1) is 0 Å². The number of carbonyl (C=O) groups is 1. The summed E-state index contributed by atoms with van der Waals surface area (Å²) < 4.78 is 10.9. The molecule has 6 heteroatoms. The zero-order valence-electron chi connectivity index (χ0n) is 14.9. The van der Waals surface area contributed by atoms with Gasteiger partial charge in [0.15, 0.2) is 11.5 Å². The SMILES string of the molecule is O=C1c2ccccc2NC(c2ccccc2Cl)N1Cc1ccc2c(c1)OCO2. The average molecular weight is 393 g/mol. The number of halogens is 1. The van der Waals surface area contributed by atoms with Gasteiger partial charge in [-0.3, -0.25) is 4.79 Å². The molecule has 1 unspecified atom stereocenters. The lowest BCUT2D eigenvalue weighted by Gasteiger charge is -2.38. The number of amides is 1. The van der Waals surface area contributed by atoms with E-state index in [9.17, 15) is 4.79 Å². The van der Waals surface area contributed by atoms with Gasteiger partial charge < -0.3 is 19.7 Å². The predicted octanol–water partition coefficient (Wildman–Crippen LogP) is 4.84. The van der Waals surface area contributed by atoms with E-state index in [2.05, 4.69) is 5.32 Å². The van der Waals surface area contributed by atoms with Crippen LogP contribution in [0.25, 0.3) is 0 Å². The molecule has 28 heavy (non-hydrogen) atoms. The molecule has 0 bridgehead atoms. The van der Waals surface area contributed by atoms with Gasteiger partial charge in [-0.05, 0) is 35.9 Å². The lowest BCUT2D eigenvalue weighted by molar-refractivity contribution is 0.0666. The van der Waals surface area contributed by atoms with Crippen molar-refractivity contribution in [3.05, 3.63) is 88.4 Å². The number of anilines is 1. The van der Waals surface area contributed by atoms with E-state index in [1.807, 2.05) is 66.7 Å². The van der Waals surface area contributed by atoms with E-state index < -0.39 is 0 Å². The van der Waals surface area contributed by atoms with Crippen molar-refractivity contribution in [1.82, 2.24) is 4.90 Å². The first-order valence-corrected chi connectivity index (χ1v) is 9.38. The highest BCUT2D eigenvalue weighted by Crippen LogP contribution is 2.38. The molecule has 0 aliphatic carbocycles. The number of para-hydroxylation sites is 1. The number of carbonyl (C=O) groups excluding carboxylic acids is 1. The number of fused-ring (bicyclic) bond motifs is 2. The lowest BCUT2D eigenvalue weighted by Crippen LogP contribution is -2.42. The summed E-state index contributed by atoms with van der Waals surface area (Å²) in [4.78, 5) is 15.1. The number of benzene rings is 3. The minimum Gasteiger partial charge on any atom is -0.454 e. The lowest BCUT2D eigenvalue weighted by atomic mass is 10.0. The van der Waals surface area contributed by atoms with Crippen LogP contribution in [0.15, 0.2) is 66.7 Å². The van der Waals surface area contributed by atoms with Crippen molar-refractivity contribution in [2.45, 2.75) is 12.7 Å². The Labute approximate surface area is 167 Å². The maximum Gasteiger partial charge on any atom is 0.258 e. The van der Waals surface area contributed by atoms with Crippen LogP contribution in [0, 0.1) is 0 Å². The van der Waals surface area contributed by atoms with E-state index in [0.717, 1.165) is 22.6 Å². The number of rotatable bonds is 3. The van der Waals surface area contributed by atoms with Gasteiger partial charge in [-0.2, -0.15) is 0 Å². The standard InChI is InChI=1S/C22H17ClN2O3/c23-17-7-3-1-5-15(17)21-24-18-8-4-2-6-16(18)22(26)25(21)12-14-9-10-19-20(11-14)28-13-27-19/h1-11,21,24H,12-13H2. The maximum atomic E-state index is 13.3. The van der Waals surface area contributed by atoms with Crippen LogP contribution < -0.4 is 14.8 Å². The largest absolute Gasteiger partial charge is 0.454 e. The monoisotopic (exact) mass is 392 g/mol. The average Bonchev–Trinajstić information content (AvgIpc) is 3.18. The molecule has 3 aromatic rings. The number of nitrogens with zero attached hydrogens (tertiary/aromatic N) is 1. The molecule has 1 amide bonds. The third-order valence-electron chi connectivity index (χ3n) is 5.01. The van der Waals surface area contributed by atoms with Gasteiger partial charge in [-0.1, -0.05) is 48.0 Å². The highest BCUT2D eigenvalue weighted by Gasteiger charge is 2.34. The molecule has 0 aromatic heterocycles. The molecule has 5 nitrogen and oxygen atoms in total. The van der Waals surface area contributed by atoms with E-state index >= 15 is 0 Å². The minimum atomic E-state index is -0.374. The molecule has 0 saturated heterocycles. The van der Waals surface area contributed by atoms with Crippen molar-refractivity contribution in [1.29, 1.82) is 0 Å². The number of hydrogen-bond donors (Lipinski definition) is 1. The second kappa shape index (κ2) is 6.77. The molecule has 0 fully saturated rings. The van der Waals surface area contributed by atoms with Crippen LogP contribution in [0.1, 0.15) is 27.7 Å². The second-order valence-electron chi connectivity index (χ2n) is 6.73. The Kier molecular flexibility index (Phi) is 4.10. The molecule has 2 heterocycles. The molecule has 3 aromatic carbocycles. The van der Waals surface area contributed by atoms with Gasteiger partial charge in [0.2, 0.25) is 6.79 Å². The van der Waals surface area contributed by atoms with Crippen LogP contribution in [0.4, 0.5) is 5.69 Å². The Hall–Kier alpha value is -3.18. The van der Waals surface area contributed by atoms with Crippen molar-refractivity contribution in [2.75, 3.05) is 12.1 Å². The number of ether oxygens (including phenoxy) is 2. The maximum absolute atomic E-state index is 13.3. The molecule has 140 valence electrons. The third kappa shape index (κ3) is 2.84. The van der Waals surface area contributed by atoms with Crippen LogP contribution in [-0.4, -0.2) is 17.6 Å². The van der Waals surface area contributed by atoms with Crippen LogP contribution >= 0.6 is 11.6 Å². The summed E-state index contributed by atoms with van der Waals surface area (Å²) >= 11 is 6.46. The second-order valence-corrected chi connectivity index (χ2v) is 7.14. The number of hydrogen-bond acceptors (Lipinski definition) is 4. The Balaban J connectivity index is 1.56. The summed E-state index contributed by atoms with van der Waals surface area (Å²) in [6, 6.07) is 20.8. The molecule has 1 N–H and O–H groups in total. The minimum absolute atomic E-state index is 0.0445. The fourth-order valence-electron chi connectivity index (χ4n) is 3.63. The zero-order valence-corrected chi connectivity index (χ0v) is 15.6. The first-order valence-electron chi connectivity index (χ1n) is 9.00. The molecule has 0 saturated carbocycles. The van der Waals surface area contributed by atoms with Crippen LogP contribution in [0.5, 0.6) is 11.5 Å². The van der Waals surface area contributed by atoms with Gasteiger partial charge in [0.1, 0.15) is 6.17 Å². The smallest absolute Gasteiger partial charge is 0.258 e. The summed E-state index contributed by atoms with van der Waals surface area (Å²) in [5.41, 5.74) is 3.26. The Morgan fingerprint density at radius 2 is 1.79 bits per heavy atom. The summed E-state index contributed by atoms with van der Waals surface area (Å²) in [6.07, 6.45) is -0.374. The molecule has 1 atom stereocenters. The van der Waals surface area contributed by atoms with Gasteiger partial charge in [-0.25, -0.2) is 0 Å². The van der Waals surface area contributed by atoms with Crippen LogP contribution in [0.3, 0.4) is 0 Å². The number of nitrogens with one attached hydrogen (secondary N) is 1. The highest BCUT2D eigenvalue weighted by atomic mass is 35.5. The van der Waals surface area contributed by atoms with Crippen LogP contribution in [-0.2, 0) is 6.54 Å². The Morgan fingerprint density at radius 3 is 2.68 bits per heavy atom. The molecule has 0 spiro atoms. The summed E-state index contributed by atoms with van der Waals surface area (Å²) in [7, 11) is 0. The van der Waals surface area contributed by atoms with Gasteiger partial charge >= 0.3 is 0 Å². The highest BCUT2D eigenvalue weighted by molar-refractivity contribution is 6.31. The van der Waals surface area contributed by atoms with Crippen molar-refractivity contribution >= 4 is 23.2 Å². The van der Waals surface area contributed by atoms with Crippen molar-refractivity contribution in [3.63, 3.8) is 0 Å². The van der Waals surface area contributed by atoms with Crippen LogP contribution in [0.2, 0.25) is 5.02 Å². The van der Waals surface area contributed by atoms with E-state index in [-0.39, 0.29) is 18.9 Å². The Morgan fingerprint density at radius 1 is 1.00 bits per heavy atom. The summed E-state index contributed by atoms with van der Waals surface area (Å²) in [5, 5.41) is 4.09. The first kappa shape index (κ1) is 17.0. The molecule has 0 radical (unpaired) electrons. The molecule has 2 aliphatic rings. The fraction of sp³-hybridized carbons (Fsp3) is 0.136. The van der Waals surface area contributed by atoms with E-state index in [0.29, 0.717) is 22.9 Å². The summed E-state index contributed by atoms with van der Waals surface area (Å²) in [5.74, 6) is 1.38.